The van der Waals surface area contributed by atoms with Crippen molar-refractivity contribution in [2.75, 3.05) is 10.8 Å². The minimum Gasteiger partial charge on any atom is -0.352 e. The van der Waals surface area contributed by atoms with Crippen molar-refractivity contribution in [1.29, 1.82) is 0 Å². The number of nitrogens with zero attached hydrogens (tertiary/aromatic N) is 2. The lowest BCUT2D eigenvalue weighted by atomic mass is 10.0. The van der Waals surface area contributed by atoms with Crippen LogP contribution in [0.3, 0.4) is 0 Å². The van der Waals surface area contributed by atoms with Crippen LogP contribution in [0.5, 0.6) is 0 Å². The van der Waals surface area contributed by atoms with E-state index in [1.807, 2.05) is 37.3 Å². The molecule has 1 saturated carbocycles. The van der Waals surface area contributed by atoms with Crippen LogP contribution >= 0.6 is 11.6 Å². The SMILES string of the molecule is Cc1ccc(S(=O)(=O)N(CC(=O)N(Cc2ccccc2F)[C@@H](Cc2ccccc2)C(=O)NC2CCCC2)c2ccc(Cl)cc2C)cc1. The van der Waals surface area contributed by atoms with Crippen LogP contribution in [-0.2, 0) is 32.6 Å². The summed E-state index contributed by atoms with van der Waals surface area (Å²) in [7, 11) is -4.27. The lowest BCUT2D eigenvalue weighted by Gasteiger charge is -2.34. The smallest absolute Gasteiger partial charge is 0.264 e. The van der Waals surface area contributed by atoms with Crippen molar-refractivity contribution >= 4 is 39.1 Å². The molecule has 0 aromatic heterocycles. The monoisotopic (exact) mass is 675 g/mol. The Morgan fingerprint density at radius 2 is 1.57 bits per heavy atom. The van der Waals surface area contributed by atoms with Gasteiger partial charge in [-0.3, -0.25) is 13.9 Å². The number of aryl methyl sites for hydroxylation is 2. The number of amides is 2. The minimum atomic E-state index is -4.27. The molecule has 0 bridgehead atoms. The van der Waals surface area contributed by atoms with Gasteiger partial charge in [-0.1, -0.05) is 90.7 Å². The van der Waals surface area contributed by atoms with Crippen molar-refractivity contribution in [2.45, 2.75) is 69.5 Å². The largest absolute Gasteiger partial charge is 0.352 e. The van der Waals surface area contributed by atoms with Crippen molar-refractivity contribution in [3.05, 3.63) is 130 Å². The van der Waals surface area contributed by atoms with Crippen LogP contribution < -0.4 is 9.62 Å². The fourth-order valence-electron chi connectivity index (χ4n) is 5.98. The molecule has 1 aliphatic rings. The minimum absolute atomic E-state index is 0.00529. The molecule has 246 valence electrons. The Morgan fingerprint density at radius 1 is 0.915 bits per heavy atom. The Hall–Kier alpha value is -4.21. The molecule has 7 nitrogen and oxygen atoms in total. The summed E-state index contributed by atoms with van der Waals surface area (Å²) in [5.41, 5.74) is 2.71. The third-order valence-corrected chi connectivity index (χ3v) is 10.6. The average Bonchev–Trinajstić information content (AvgIpc) is 3.56. The normalized spacial score (nSPS) is 14.0. The highest BCUT2D eigenvalue weighted by Crippen LogP contribution is 2.30. The van der Waals surface area contributed by atoms with Crippen molar-refractivity contribution in [3.63, 3.8) is 0 Å². The second-order valence-electron chi connectivity index (χ2n) is 12.1. The summed E-state index contributed by atoms with van der Waals surface area (Å²) in [4.78, 5) is 30.0. The maximum atomic E-state index is 15.1. The standard InChI is InChI=1S/C37H39ClFN3O4S/c1-26-16-19-32(20-17-26)47(45,46)42(34-21-18-30(38)22-27(34)2)25-36(43)41(24-29-12-6-9-15-33(29)39)35(23-28-10-4-3-5-11-28)37(44)40-31-13-7-8-14-31/h3-6,9-12,15-22,31,35H,7-8,13-14,23-25H2,1-2H3,(H,40,44)/t35-/m0/s1. The highest BCUT2D eigenvalue weighted by atomic mass is 35.5. The van der Waals surface area contributed by atoms with Crippen LogP contribution in [0.4, 0.5) is 10.1 Å². The summed E-state index contributed by atoms with van der Waals surface area (Å²) in [6, 6.07) is 25.4. The second kappa shape index (κ2) is 15.1. The zero-order valence-electron chi connectivity index (χ0n) is 26.5. The molecule has 2 amide bonds. The first-order chi connectivity index (χ1) is 22.5. The lowest BCUT2D eigenvalue weighted by Crippen LogP contribution is -2.54. The molecule has 0 radical (unpaired) electrons. The van der Waals surface area contributed by atoms with E-state index in [2.05, 4.69) is 5.32 Å². The number of benzene rings is 4. The summed E-state index contributed by atoms with van der Waals surface area (Å²) in [5, 5.41) is 3.54. The number of hydrogen-bond acceptors (Lipinski definition) is 4. The Labute approximate surface area is 281 Å². The third kappa shape index (κ3) is 8.39. The number of carbonyl (C=O) groups excluding carboxylic acids is 2. The molecule has 0 heterocycles. The zero-order chi connectivity index (χ0) is 33.6. The number of anilines is 1. The van der Waals surface area contributed by atoms with E-state index in [4.69, 9.17) is 11.6 Å². The van der Waals surface area contributed by atoms with E-state index in [-0.39, 0.29) is 41.1 Å². The summed E-state index contributed by atoms with van der Waals surface area (Å²) < 4.78 is 44.7. The summed E-state index contributed by atoms with van der Waals surface area (Å²) >= 11 is 6.23. The number of sulfonamides is 1. The second-order valence-corrected chi connectivity index (χ2v) is 14.4. The predicted octanol–water partition coefficient (Wildman–Crippen LogP) is 6.99. The zero-order valence-corrected chi connectivity index (χ0v) is 28.1. The Kier molecular flexibility index (Phi) is 11.0. The Bertz CT molecular complexity index is 1810. The van der Waals surface area contributed by atoms with Crippen molar-refractivity contribution in [3.8, 4) is 0 Å². The molecule has 1 N–H and O–H groups in total. The van der Waals surface area contributed by atoms with Gasteiger partial charge in [0.25, 0.3) is 10.0 Å². The summed E-state index contributed by atoms with van der Waals surface area (Å²) in [6.07, 6.45) is 3.83. The van der Waals surface area contributed by atoms with Gasteiger partial charge in [-0.25, -0.2) is 12.8 Å². The molecule has 5 rings (SSSR count). The summed E-state index contributed by atoms with van der Waals surface area (Å²) in [6.45, 7) is 2.70. The van der Waals surface area contributed by atoms with Crippen LogP contribution in [0.1, 0.15) is 47.9 Å². The molecule has 1 aliphatic carbocycles. The topological polar surface area (TPSA) is 86.8 Å². The van der Waals surface area contributed by atoms with Crippen LogP contribution in [0.15, 0.2) is 102 Å². The molecule has 4 aromatic rings. The molecular formula is C37H39ClFN3O4S. The average molecular weight is 676 g/mol. The molecule has 1 atom stereocenters. The van der Waals surface area contributed by atoms with Crippen molar-refractivity contribution < 1.29 is 22.4 Å². The van der Waals surface area contributed by atoms with E-state index < -0.39 is 34.3 Å². The van der Waals surface area contributed by atoms with E-state index in [0.717, 1.165) is 41.1 Å². The van der Waals surface area contributed by atoms with Crippen molar-refractivity contribution in [1.82, 2.24) is 10.2 Å². The molecule has 0 spiro atoms. The Balaban J connectivity index is 1.59. The van der Waals surface area contributed by atoms with Gasteiger partial charge < -0.3 is 10.2 Å². The molecule has 4 aromatic carbocycles. The van der Waals surface area contributed by atoms with Crippen LogP contribution in [-0.4, -0.2) is 43.8 Å². The first-order valence-corrected chi connectivity index (χ1v) is 17.6. The molecule has 1 fully saturated rings. The van der Waals surface area contributed by atoms with Gasteiger partial charge in [-0.05, 0) is 74.2 Å². The molecule has 0 aliphatic heterocycles. The quantitative estimate of drug-likeness (QED) is 0.175. The van der Waals surface area contributed by atoms with E-state index in [0.29, 0.717) is 10.6 Å². The fraction of sp³-hybridized carbons (Fsp3) is 0.297. The molecule has 47 heavy (non-hydrogen) atoms. The number of hydrogen-bond donors (Lipinski definition) is 1. The fourth-order valence-corrected chi connectivity index (χ4v) is 7.69. The molecule has 0 unspecified atom stereocenters. The maximum Gasteiger partial charge on any atom is 0.264 e. The molecule has 0 saturated heterocycles. The first kappa shape index (κ1) is 34.1. The van der Waals surface area contributed by atoms with Gasteiger partial charge in [-0.15, -0.1) is 0 Å². The number of halogens is 2. The Morgan fingerprint density at radius 3 is 2.23 bits per heavy atom. The first-order valence-electron chi connectivity index (χ1n) is 15.8. The van der Waals surface area contributed by atoms with Gasteiger partial charge in [-0.2, -0.15) is 0 Å². The number of rotatable bonds is 12. The van der Waals surface area contributed by atoms with Crippen molar-refractivity contribution in [2.24, 2.45) is 0 Å². The summed E-state index contributed by atoms with van der Waals surface area (Å²) in [5.74, 6) is -1.54. The predicted molar refractivity (Wildman–Crippen MR) is 183 cm³/mol. The number of carbonyl (C=O) groups is 2. The van der Waals surface area contributed by atoms with Gasteiger partial charge in [0.2, 0.25) is 11.8 Å². The van der Waals surface area contributed by atoms with E-state index in [9.17, 15) is 18.0 Å². The van der Waals surface area contributed by atoms with Crippen LogP contribution in [0.2, 0.25) is 5.02 Å². The van der Waals surface area contributed by atoms with Gasteiger partial charge in [0.1, 0.15) is 18.4 Å². The highest BCUT2D eigenvalue weighted by Gasteiger charge is 2.36. The van der Waals surface area contributed by atoms with Gasteiger partial charge >= 0.3 is 0 Å². The van der Waals surface area contributed by atoms with Gasteiger partial charge in [0, 0.05) is 29.6 Å². The number of nitrogens with one attached hydrogen (secondary N) is 1. The van der Waals surface area contributed by atoms with Crippen LogP contribution in [0.25, 0.3) is 0 Å². The maximum absolute atomic E-state index is 15.1. The van der Waals surface area contributed by atoms with Crippen LogP contribution in [0, 0.1) is 19.7 Å². The van der Waals surface area contributed by atoms with E-state index in [1.54, 1.807) is 55.5 Å². The molecular weight excluding hydrogens is 637 g/mol. The van der Waals surface area contributed by atoms with Gasteiger partial charge in [0.05, 0.1) is 10.6 Å². The van der Waals surface area contributed by atoms with Gasteiger partial charge in [0.15, 0.2) is 0 Å². The molecule has 10 heteroatoms. The highest BCUT2D eigenvalue weighted by molar-refractivity contribution is 7.92. The third-order valence-electron chi connectivity index (χ3n) is 8.59. The lowest BCUT2D eigenvalue weighted by molar-refractivity contribution is -0.140. The van der Waals surface area contributed by atoms with E-state index in [1.165, 1.54) is 23.1 Å². The van der Waals surface area contributed by atoms with E-state index >= 15 is 4.39 Å².